The average Bonchev–Trinajstić information content (AvgIpc) is 2.35. The molecule has 0 aliphatic carbocycles. The van der Waals surface area contributed by atoms with E-state index in [0.29, 0.717) is 23.0 Å². The van der Waals surface area contributed by atoms with Crippen molar-refractivity contribution in [2.75, 3.05) is 31.8 Å². The van der Waals surface area contributed by atoms with Crippen molar-refractivity contribution in [3.63, 3.8) is 0 Å². The molecule has 0 unspecified atom stereocenters. The number of sulfonamides is 1. The van der Waals surface area contributed by atoms with E-state index in [9.17, 15) is 8.42 Å². The molecule has 0 heterocycles. The Kier molecular flexibility index (Phi) is 5.91. The number of hydrogen-bond acceptors (Lipinski definition) is 3. The summed E-state index contributed by atoms with van der Waals surface area (Å²) in [5.41, 5.74) is 0.640. The zero-order valence-electron chi connectivity index (χ0n) is 10.7. The topological polar surface area (TPSA) is 49.4 Å². The van der Waals surface area contributed by atoms with Crippen molar-refractivity contribution in [1.82, 2.24) is 4.31 Å². The zero-order valence-corrected chi connectivity index (χ0v) is 12.3. The van der Waals surface area contributed by atoms with Crippen LogP contribution in [0, 0.1) is 0 Å². The molecule has 4 nitrogen and oxygen atoms in total. The van der Waals surface area contributed by atoms with Crippen molar-refractivity contribution in [2.45, 2.75) is 17.7 Å². The van der Waals surface area contributed by atoms with Crippen molar-refractivity contribution in [1.29, 1.82) is 0 Å². The Hall–Kier alpha value is -0.780. The van der Waals surface area contributed by atoms with Crippen molar-refractivity contribution in [2.24, 2.45) is 0 Å². The number of rotatable bonds is 7. The standard InChI is InChI=1S/C12H19ClN2O2S/c1-15(2)18(16,17)12-8-4-3-7-11(12)14-10-6-5-9-13/h3-4,7-8,14H,5-6,9-10H2,1-2H3. The minimum Gasteiger partial charge on any atom is -0.384 e. The van der Waals surface area contributed by atoms with Crippen LogP contribution in [0.5, 0.6) is 0 Å². The van der Waals surface area contributed by atoms with Gasteiger partial charge in [-0.2, -0.15) is 0 Å². The van der Waals surface area contributed by atoms with Gasteiger partial charge in [-0.1, -0.05) is 12.1 Å². The summed E-state index contributed by atoms with van der Waals surface area (Å²) in [4.78, 5) is 0.306. The third-order valence-electron chi connectivity index (χ3n) is 2.52. The molecule has 0 bridgehead atoms. The minimum atomic E-state index is -3.41. The van der Waals surface area contributed by atoms with E-state index in [0.717, 1.165) is 12.8 Å². The molecule has 0 spiro atoms. The number of nitrogens with zero attached hydrogens (tertiary/aromatic N) is 1. The molecule has 1 aromatic carbocycles. The minimum absolute atomic E-state index is 0.306. The fraction of sp³-hybridized carbons (Fsp3) is 0.500. The van der Waals surface area contributed by atoms with Gasteiger partial charge in [-0.05, 0) is 25.0 Å². The Labute approximate surface area is 114 Å². The van der Waals surface area contributed by atoms with Crippen molar-refractivity contribution in [3.8, 4) is 0 Å². The predicted molar refractivity (Wildman–Crippen MR) is 75.8 cm³/mol. The molecule has 0 atom stereocenters. The molecule has 0 aliphatic heterocycles. The van der Waals surface area contributed by atoms with Crippen LogP contribution >= 0.6 is 11.6 Å². The molecule has 0 saturated heterocycles. The van der Waals surface area contributed by atoms with Gasteiger partial charge in [0.15, 0.2) is 0 Å². The van der Waals surface area contributed by atoms with E-state index in [2.05, 4.69) is 5.32 Å². The molecule has 1 aromatic rings. The summed E-state index contributed by atoms with van der Waals surface area (Å²) in [5.74, 6) is 0.624. The first-order chi connectivity index (χ1) is 8.50. The highest BCUT2D eigenvalue weighted by molar-refractivity contribution is 7.89. The number of nitrogens with one attached hydrogen (secondary N) is 1. The number of alkyl halides is 1. The Bertz CT molecular complexity index is 475. The molecular weight excluding hydrogens is 272 g/mol. The maximum absolute atomic E-state index is 12.1. The second kappa shape index (κ2) is 6.97. The van der Waals surface area contributed by atoms with E-state index in [1.54, 1.807) is 18.2 Å². The van der Waals surface area contributed by atoms with Gasteiger partial charge in [0, 0.05) is 26.5 Å². The van der Waals surface area contributed by atoms with Gasteiger partial charge in [0.05, 0.1) is 5.69 Å². The molecule has 0 amide bonds. The average molecular weight is 291 g/mol. The van der Waals surface area contributed by atoms with Gasteiger partial charge in [-0.25, -0.2) is 12.7 Å². The molecule has 0 aliphatic rings. The van der Waals surface area contributed by atoms with Gasteiger partial charge < -0.3 is 5.32 Å². The predicted octanol–water partition coefficient (Wildman–Crippen LogP) is 2.37. The molecule has 18 heavy (non-hydrogen) atoms. The smallest absolute Gasteiger partial charge is 0.244 e. The maximum atomic E-state index is 12.1. The van der Waals surface area contributed by atoms with Gasteiger partial charge in [0.1, 0.15) is 4.90 Å². The maximum Gasteiger partial charge on any atom is 0.244 e. The summed E-state index contributed by atoms with van der Waals surface area (Å²) in [6.45, 7) is 0.715. The van der Waals surface area contributed by atoms with E-state index < -0.39 is 10.0 Å². The van der Waals surface area contributed by atoms with Crippen LogP contribution in [-0.4, -0.2) is 39.2 Å². The Balaban J connectivity index is 2.87. The van der Waals surface area contributed by atoms with Crippen LogP contribution in [-0.2, 0) is 10.0 Å². The third kappa shape index (κ3) is 3.86. The number of benzene rings is 1. The van der Waals surface area contributed by atoms with Crippen LogP contribution in [0.1, 0.15) is 12.8 Å². The van der Waals surface area contributed by atoms with Crippen LogP contribution < -0.4 is 5.32 Å². The van der Waals surface area contributed by atoms with E-state index in [-0.39, 0.29) is 0 Å². The summed E-state index contributed by atoms with van der Waals surface area (Å²) in [5, 5.41) is 3.14. The third-order valence-corrected chi connectivity index (χ3v) is 4.66. The molecule has 1 rings (SSSR count). The molecule has 6 heteroatoms. The van der Waals surface area contributed by atoms with Gasteiger partial charge in [0.25, 0.3) is 0 Å². The summed E-state index contributed by atoms with van der Waals surface area (Å²) < 4.78 is 25.4. The summed E-state index contributed by atoms with van der Waals surface area (Å²) >= 11 is 5.60. The summed E-state index contributed by atoms with van der Waals surface area (Å²) in [7, 11) is -0.351. The lowest BCUT2D eigenvalue weighted by Gasteiger charge is -2.16. The SMILES string of the molecule is CN(C)S(=O)(=O)c1ccccc1NCCCCCl. The van der Waals surface area contributed by atoms with Crippen molar-refractivity contribution >= 4 is 27.3 Å². The first-order valence-electron chi connectivity index (χ1n) is 5.81. The quantitative estimate of drug-likeness (QED) is 0.619. The highest BCUT2D eigenvalue weighted by Crippen LogP contribution is 2.22. The van der Waals surface area contributed by atoms with E-state index in [1.165, 1.54) is 18.4 Å². The van der Waals surface area contributed by atoms with E-state index in [1.807, 2.05) is 6.07 Å². The molecule has 0 saturated carbocycles. The zero-order chi connectivity index (χ0) is 13.6. The fourth-order valence-corrected chi connectivity index (χ4v) is 2.73. The Morgan fingerprint density at radius 3 is 2.50 bits per heavy atom. The molecule has 102 valence electrons. The lowest BCUT2D eigenvalue weighted by molar-refractivity contribution is 0.521. The van der Waals surface area contributed by atoms with Gasteiger partial charge in [-0.15, -0.1) is 11.6 Å². The monoisotopic (exact) mass is 290 g/mol. The number of hydrogen-bond donors (Lipinski definition) is 1. The fourth-order valence-electron chi connectivity index (χ4n) is 1.48. The number of unbranched alkanes of at least 4 members (excludes halogenated alkanes) is 1. The molecule has 0 radical (unpaired) electrons. The number of para-hydroxylation sites is 1. The van der Waals surface area contributed by atoms with E-state index in [4.69, 9.17) is 11.6 Å². The first-order valence-corrected chi connectivity index (χ1v) is 7.79. The second-order valence-electron chi connectivity index (χ2n) is 4.11. The molecule has 1 N–H and O–H groups in total. The van der Waals surface area contributed by atoms with Crippen LogP contribution in [0.2, 0.25) is 0 Å². The number of halogens is 1. The van der Waals surface area contributed by atoms with Crippen molar-refractivity contribution in [3.05, 3.63) is 24.3 Å². The first kappa shape index (κ1) is 15.3. The molecule has 0 fully saturated rings. The van der Waals surface area contributed by atoms with Crippen LogP contribution in [0.4, 0.5) is 5.69 Å². The molecular formula is C12H19ClN2O2S. The van der Waals surface area contributed by atoms with Gasteiger partial charge in [-0.3, -0.25) is 0 Å². The number of anilines is 1. The highest BCUT2D eigenvalue weighted by Gasteiger charge is 2.20. The van der Waals surface area contributed by atoms with Gasteiger partial charge >= 0.3 is 0 Å². The van der Waals surface area contributed by atoms with Crippen LogP contribution in [0.3, 0.4) is 0 Å². The van der Waals surface area contributed by atoms with Crippen LogP contribution in [0.15, 0.2) is 29.2 Å². The highest BCUT2D eigenvalue weighted by atomic mass is 35.5. The van der Waals surface area contributed by atoms with Crippen molar-refractivity contribution < 1.29 is 8.42 Å². The van der Waals surface area contributed by atoms with Crippen LogP contribution in [0.25, 0.3) is 0 Å². The Morgan fingerprint density at radius 1 is 1.22 bits per heavy atom. The van der Waals surface area contributed by atoms with Gasteiger partial charge in [0.2, 0.25) is 10.0 Å². The summed E-state index contributed by atoms with van der Waals surface area (Å²) in [6, 6.07) is 6.93. The van der Waals surface area contributed by atoms with E-state index >= 15 is 0 Å². The Morgan fingerprint density at radius 2 is 1.89 bits per heavy atom. The lowest BCUT2D eigenvalue weighted by Crippen LogP contribution is -2.23. The largest absolute Gasteiger partial charge is 0.384 e. The normalized spacial score (nSPS) is 11.8. The summed E-state index contributed by atoms with van der Waals surface area (Å²) in [6.07, 6.45) is 1.83. The molecule has 0 aromatic heterocycles. The second-order valence-corrected chi connectivity index (χ2v) is 6.60. The lowest BCUT2D eigenvalue weighted by atomic mass is 10.3.